The van der Waals surface area contributed by atoms with Crippen LogP contribution in [0.15, 0.2) is 0 Å². The molecule has 0 saturated carbocycles. The second kappa shape index (κ2) is 57.1. The molecule has 0 bridgehead atoms. The van der Waals surface area contributed by atoms with E-state index in [1.807, 2.05) is 0 Å². The van der Waals surface area contributed by atoms with Crippen LogP contribution in [0.1, 0.15) is 20.8 Å². The molecule has 68 valence electrons. The van der Waals surface area contributed by atoms with Crippen LogP contribution in [0, 0.1) is 5.92 Å². The quantitative estimate of drug-likeness (QED) is 0.399. The molecule has 0 rings (SSSR count). The van der Waals surface area contributed by atoms with Gasteiger partial charge in [-0.1, -0.05) is 0 Å². The molecule has 0 spiro atoms. The van der Waals surface area contributed by atoms with E-state index in [0.29, 0.717) is 0 Å². The third kappa shape index (κ3) is 2590. The van der Waals surface area contributed by atoms with Crippen LogP contribution in [0.5, 0.6) is 0 Å². The monoisotopic (exact) mass is 239 g/mol. The number of rotatable bonds is 0. The van der Waals surface area contributed by atoms with Crippen molar-refractivity contribution in [2.75, 3.05) is 0 Å². The first-order valence-electron chi connectivity index (χ1n) is 1.50. The average Bonchev–Trinajstić information content (AvgIpc) is 0.811. The van der Waals surface area contributed by atoms with E-state index in [-0.39, 0.29) is 50.2 Å². The summed E-state index contributed by atoms with van der Waals surface area (Å²) in [6.07, 6.45) is 0. The van der Waals surface area contributed by atoms with Crippen LogP contribution >= 0.6 is 0 Å². The zero-order valence-corrected chi connectivity index (χ0v) is 8.48. The fourth-order valence-electron chi connectivity index (χ4n) is 0. The SMILES string of the molecule is C[C-](C)C.[NH2-].[NH2-].[NH2-].[NH2-].[NH2-].[Ru+6]. The number of hydrogen-bond acceptors (Lipinski definition) is 0. The zero-order valence-electron chi connectivity index (χ0n) is 6.74. The van der Waals surface area contributed by atoms with Crippen LogP contribution in [0.3, 0.4) is 0 Å². The molecule has 0 fully saturated rings. The third-order valence-electron chi connectivity index (χ3n) is 0. The maximum Gasteiger partial charge on any atom is 6.00 e. The predicted octanol–water partition coefficient (Wildman–Crippen LogP) is 5.20. The first-order valence-corrected chi connectivity index (χ1v) is 1.50. The second-order valence-electron chi connectivity index (χ2n) is 1.50. The van der Waals surface area contributed by atoms with Crippen LogP contribution in [0.4, 0.5) is 0 Å². The van der Waals surface area contributed by atoms with E-state index in [9.17, 15) is 0 Å². The Morgan fingerprint density at radius 3 is 0.600 bits per heavy atom. The van der Waals surface area contributed by atoms with Crippen LogP contribution in [-0.2, 0) is 19.5 Å². The van der Waals surface area contributed by atoms with E-state index in [2.05, 4.69) is 20.8 Å². The van der Waals surface area contributed by atoms with Crippen molar-refractivity contribution in [2.24, 2.45) is 0 Å². The minimum Gasteiger partial charge on any atom is -0.693 e. The minimum absolute atomic E-state index is 0. The zero-order chi connectivity index (χ0) is 3.58. The summed E-state index contributed by atoms with van der Waals surface area (Å²) in [7, 11) is 0. The second-order valence-corrected chi connectivity index (χ2v) is 1.50. The first kappa shape index (κ1) is 79.0. The van der Waals surface area contributed by atoms with Gasteiger partial charge in [0.05, 0.1) is 0 Å². The van der Waals surface area contributed by atoms with Crippen LogP contribution in [0.25, 0.3) is 30.8 Å². The standard InChI is InChI=1S/C4H9.5H2N.Ru/c1-4(2)3;;;;;;/h1-3H3;5*1H2;/q6*-1;+6. The Labute approximate surface area is 77.4 Å². The summed E-state index contributed by atoms with van der Waals surface area (Å²) in [6, 6.07) is 0. The molecule has 6 heteroatoms. The normalized spacial score (nSPS) is 3.60. The van der Waals surface area contributed by atoms with Crippen LogP contribution in [-0.4, -0.2) is 0 Å². The van der Waals surface area contributed by atoms with Gasteiger partial charge in [-0.2, -0.15) is 20.8 Å². The van der Waals surface area contributed by atoms with Gasteiger partial charge in [-0.3, -0.25) is 0 Å². The molecule has 0 heterocycles. The minimum atomic E-state index is 0. The van der Waals surface area contributed by atoms with Gasteiger partial charge in [-0.15, -0.1) is 0 Å². The molecule has 0 amide bonds. The van der Waals surface area contributed by atoms with Gasteiger partial charge < -0.3 is 36.7 Å². The molecule has 0 radical (unpaired) electrons. The molecule has 5 nitrogen and oxygen atoms in total. The molecule has 0 saturated heterocycles. The van der Waals surface area contributed by atoms with Crippen molar-refractivity contribution in [3.63, 3.8) is 0 Å². The molecule has 10 heavy (non-hydrogen) atoms. The van der Waals surface area contributed by atoms with Gasteiger partial charge in [0.2, 0.25) is 0 Å². The molecule has 10 N–H and O–H groups in total. The predicted molar refractivity (Wildman–Crippen MR) is 46.7 cm³/mol. The summed E-state index contributed by atoms with van der Waals surface area (Å²) in [5.41, 5.74) is 0. The first-order chi connectivity index (χ1) is 1.73. The molecule has 0 aliphatic heterocycles. The topological polar surface area (TPSA) is 168 Å². The van der Waals surface area contributed by atoms with Crippen molar-refractivity contribution >= 4 is 0 Å². The van der Waals surface area contributed by atoms with Gasteiger partial charge in [-0.05, 0) is 0 Å². The Balaban J connectivity index is -0.00000000300. The van der Waals surface area contributed by atoms with Gasteiger partial charge in [0.15, 0.2) is 0 Å². The molecular formula is C4H19N5Ru. The molecular weight excluding hydrogens is 219 g/mol. The summed E-state index contributed by atoms with van der Waals surface area (Å²) in [4.78, 5) is 0. The maximum atomic E-state index is 2.08. The molecule has 0 aromatic rings. The molecule has 0 aromatic carbocycles. The molecule has 0 aromatic heterocycles. The van der Waals surface area contributed by atoms with Crippen molar-refractivity contribution in [3.05, 3.63) is 36.7 Å². The van der Waals surface area contributed by atoms with Gasteiger partial charge in [0, 0.05) is 0 Å². The fraction of sp³-hybridized carbons (Fsp3) is 0.750. The van der Waals surface area contributed by atoms with Crippen molar-refractivity contribution in [1.82, 2.24) is 0 Å². The summed E-state index contributed by atoms with van der Waals surface area (Å²) in [6.45, 7) is 6.25. The summed E-state index contributed by atoms with van der Waals surface area (Å²) >= 11 is 0. The number of hydrogen-bond donors (Lipinski definition) is 0. The van der Waals surface area contributed by atoms with E-state index in [0.717, 1.165) is 0 Å². The third-order valence-corrected chi connectivity index (χ3v) is 0. The molecule has 0 atom stereocenters. The summed E-state index contributed by atoms with van der Waals surface area (Å²) < 4.78 is 0. The van der Waals surface area contributed by atoms with E-state index in [4.69, 9.17) is 0 Å². The Kier molecular flexibility index (Phi) is 451. The van der Waals surface area contributed by atoms with E-state index >= 15 is 0 Å². The van der Waals surface area contributed by atoms with Gasteiger partial charge in [-0.25, -0.2) is 0 Å². The van der Waals surface area contributed by atoms with Crippen LogP contribution < -0.4 is 0 Å². The Hall–Kier alpha value is 0.423. The van der Waals surface area contributed by atoms with E-state index in [1.165, 1.54) is 5.92 Å². The Bertz CT molecular complexity index is 18.4. The number of nitrogens with two attached hydrogens (primary N) is 5. The van der Waals surface area contributed by atoms with Gasteiger partial charge >= 0.3 is 19.5 Å². The van der Waals surface area contributed by atoms with Gasteiger partial charge in [0.1, 0.15) is 0 Å². The maximum absolute atomic E-state index is 2.08. The smallest absolute Gasteiger partial charge is 0.693 e. The van der Waals surface area contributed by atoms with Gasteiger partial charge in [0.25, 0.3) is 0 Å². The molecule has 0 unspecified atom stereocenters. The van der Waals surface area contributed by atoms with E-state index < -0.39 is 0 Å². The largest absolute Gasteiger partial charge is 6.00 e. The Morgan fingerprint density at radius 2 is 0.600 bits per heavy atom. The van der Waals surface area contributed by atoms with E-state index in [1.54, 1.807) is 0 Å². The van der Waals surface area contributed by atoms with Crippen LogP contribution in [0.2, 0.25) is 0 Å². The average molecular weight is 238 g/mol. The summed E-state index contributed by atoms with van der Waals surface area (Å²) in [5.74, 6) is 1.42. The van der Waals surface area contributed by atoms with Crippen molar-refractivity contribution in [2.45, 2.75) is 20.8 Å². The van der Waals surface area contributed by atoms with Crippen molar-refractivity contribution in [3.8, 4) is 0 Å². The molecule has 0 aliphatic carbocycles. The van der Waals surface area contributed by atoms with Crippen molar-refractivity contribution < 1.29 is 19.5 Å². The molecule has 0 aliphatic rings. The Morgan fingerprint density at radius 1 is 0.600 bits per heavy atom. The fourth-order valence-corrected chi connectivity index (χ4v) is 0. The summed E-state index contributed by atoms with van der Waals surface area (Å²) in [5, 5.41) is 0. The van der Waals surface area contributed by atoms with Crippen molar-refractivity contribution in [1.29, 1.82) is 0 Å².